The van der Waals surface area contributed by atoms with Crippen molar-refractivity contribution < 1.29 is 13.5 Å². The van der Waals surface area contributed by atoms with E-state index in [9.17, 15) is 8.78 Å². The van der Waals surface area contributed by atoms with E-state index < -0.39 is 0 Å². The molecule has 0 fully saturated rings. The first kappa shape index (κ1) is 24.7. The van der Waals surface area contributed by atoms with E-state index in [0.29, 0.717) is 11.1 Å². The minimum Gasteiger partial charge on any atom is -0.497 e. The van der Waals surface area contributed by atoms with Gasteiger partial charge in [-0.05, 0) is 113 Å². The zero-order chi connectivity index (χ0) is 25.9. The van der Waals surface area contributed by atoms with Gasteiger partial charge >= 0.3 is 0 Å². The number of methoxy groups -OCH3 is 1. The van der Waals surface area contributed by atoms with Gasteiger partial charge < -0.3 is 10.1 Å². The molecule has 5 rings (SSSR count). The van der Waals surface area contributed by atoms with Crippen molar-refractivity contribution in [3.05, 3.63) is 126 Å². The van der Waals surface area contributed by atoms with Crippen LogP contribution in [0.15, 0.2) is 103 Å². The highest BCUT2D eigenvalue weighted by atomic mass is 19.1. The van der Waals surface area contributed by atoms with E-state index >= 15 is 0 Å². The second-order valence-corrected chi connectivity index (χ2v) is 9.42. The zero-order valence-corrected chi connectivity index (χ0v) is 21.1. The fourth-order valence-electron chi connectivity index (χ4n) is 4.88. The van der Waals surface area contributed by atoms with Crippen LogP contribution in [0.2, 0.25) is 0 Å². The van der Waals surface area contributed by atoms with Gasteiger partial charge in [0.25, 0.3) is 0 Å². The van der Waals surface area contributed by atoms with Crippen molar-refractivity contribution in [2.24, 2.45) is 0 Å². The summed E-state index contributed by atoms with van der Waals surface area (Å²) in [5.41, 5.74) is 5.21. The molecule has 0 saturated carbocycles. The number of fused-ring (bicyclic) bond motifs is 1. The van der Waals surface area contributed by atoms with Crippen molar-refractivity contribution in [1.82, 2.24) is 5.32 Å². The molecule has 0 spiro atoms. The Labute approximate surface area is 216 Å². The van der Waals surface area contributed by atoms with Gasteiger partial charge in [0.05, 0.1) is 7.11 Å². The van der Waals surface area contributed by atoms with Gasteiger partial charge in [0.2, 0.25) is 0 Å². The highest BCUT2D eigenvalue weighted by Gasteiger charge is 2.16. The van der Waals surface area contributed by atoms with Gasteiger partial charge in [-0.3, -0.25) is 0 Å². The van der Waals surface area contributed by atoms with E-state index in [2.05, 4.69) is 49.5 Å². The Morgan fingerprint density at radius 3 is 2.16 bits per heavy atom. The minimum atomic E-state index is -0.357. The van der Waals surface area contributed by atoms with Gasteiger partial charge in [-0.1, -0.05) is 48.5 Å². The molecule has 0 heterocycles. The first-order valence-electron chi connectivity index (χ1n) is 12.4. The van der Waals surface area contributed by atoms with Gasteiger partial charge in [-0.25, -0.2) is 8.78 Å². The number of nitrogens with one attached hydrogen (secondary N) is 1. The van der Waals surface area contributed by atoms with E-state index in [1.54, 1.807) is 25.3 Å². The number of benzene rings is 5. The van der Waals surface area contributed by atoms with Crippen molar-refractivity contribution in [3.63, 3.8) is 0 Å². The quantitative estimate of drug-likeness (QED) is 0.244. The fourth-order valence-corrected chi connectivity index (χ4v) is 4.88. The normalized spacial score (nSPS) is 12.9. The Balaban J connectivity index is 1.55. The Morgan fingerprint density at radius 2 is 1.35 bits per heavy atom. The smallest absolute Gasteiger partial charge is 0.124 e. The Kier molecular flexibility index (Phi) is 7.02. The second-order valence-electron chi connectivity index (χ2n) is 9.42. The highest BCUT2D eigenvalue weighted by Crippen LogP contribution is 2.35. The molecule has 1 N–H and O–H groups in total. The molecule has 5 aromatic rings. The first-order valence-corrected chi connectivity index (χ1v) is 12.4. The topological polar surface area (TPSA) is 21.3 Å². The van der Waals surface area contributed by atoms with Crippen LogP contribution in [0.1, 0.15) is 37.1 Å². The van der Waals surface area contributed by atoms with Crippen LogP contribution < -0.4 is 10.1 Å². The fraction of sp³-hybridized carbons (Fsp3) is 0.152. The van der Waals surface area contributed by atoms with Gasteiger partial charge in [0.15, 0.2) is 0 Å². The molecular weight excluding hydrogens is 464 g/mol. The molecule has 37 heavy (non-hydrogen) atoms. The molecule has 2 atom stereocenters. The third-order valence-electron chi connectivity index (χ3n) is 6.84. The molecule has 2 nitrogen and oxygen atoms in total. The molecule has 186 valence electrons. The van der Waals surface area contributed by atoms with E-state index in [1.807, 2.05) is 36.4 Å². The lowest BCUT2D eigenvalue weighted by Crippen LogP contribution is -2.22. The van der Waals surface area contributed by atoms with Crippen molar-refractivity contribution in [1.29, 1.82) is 0 Å². The Hall–Kier alpha value is -4.02. The van der Waals surface area contributed by atoms with E-state index in [-0.39, 0.29) is 23.7 Å². The van der Waals surface area contributed by atoms with Gasteiger partial charge in [0, 0.05) is 12.1 Å². The molecule has 0 aliphatic rings. The van der Waals surface area contributed by atoms with Crippen LogP contribution in [0.3, 0.4) is 0 Å². The highest BCUT2D eigenvalue weighted by molar-refractivity contribution is 5.98. The van der Waals surface area contributed by atoms with E-state index in [0.717, 1.165) is 38.8 Å². The summed E-state index contributed by atoms with van der Waals surface area (Å²) in [7, 11) is 1.67. The molecule has 4 heteroatoms. The first-order chi connectivity index (χ1) is 17.9. The predicted octanol–water partition coefficient (Wildman–Crippen LogP) is 8.87. The van der Waals surface area contributed by atoms with Crippen LogP contribution in [0.4, 0.5) is 8.78 Å². The Bertz CT molecular complexity index is 1560. The van der Waals surface area contributed by atoms with Crippen LogP contribution in [-0.4, -0.2) is 7.11 Å². The Morgan fingerprint density at radius 1 is 0.622 bits per heavy atom. The van der Waals surface area contributed by atoms with Crippen molar-refractivity contribution in [2.75, 3.05) is 7.11 Å². The zero-order valence-electron chi connectivity index (χ0n) is 21.1. The predicted molar refractivity (Wildman–Crippen MR) is 148 cm³/mol. The lowest BCUT2D eigenvalue weighted by atomic mass is 9.91. The number of hydrogen-bond acceptors (Lipinski definition) is 2. The lowest BCUT2D eigenvalue weighted by Gasteiger charge is -2.23. The molecular formula is C33H29F2NO. The van der Waals surface area contributed by atoms with E-state index in [1.165, 1.54) is 18.2 Å². The molecule has 0 aliphatic carbocycles. The van der Waals surface area contributed by atoms with E-state index in [4.69, 9.17) is 4.74 Å². The number of hydrogen-bond donors (Lipinski definition) is 1. The number of rotatable bonds is 7. The van der Waals surface area contributed by atoms with Crippen molar-refractivity contribution in [2.45, 2.75) is 25.9 Å². The minimum absolute atomic E-state index is 0.0285. The van der Waals surface area contributed by atoms with Crippen LogP contribution in [-0.2, 0) is 0 Å². The SMILES string of the molecule is COc1cccc([C@@H](C)NC(C)c2cc(-c3cc(F)cc(-c4cccc(F)c4)c3)c3ccccc3c2)c1. The average molecular weight is 494 g/mol. The summed E-state index contributed by atoms with van der Waals surface area (Å²) >= 11 is 0. The molecule has 0 saturated heterocycles. The molecule has 0 aromatic heterocycles. The molecule has 1 unspecified atom stereocenters. The maximum Gasteiger partial charge on any atom is 0.124 e. The summed E-state index contributed by atoms with van der Waals surface area (Å²) in [5.74, 6) is 0.122. The molecule has 0 radical (unpaired) electrons. The summed E-state index contributed by atoms with van der Waals surface area (Å²) in [5, 5.41) is 5.81. The summed E-state index contributed by atoms with van der Waals surface area (Å²) in [4.78, 5) is 0. The summed E-state index contributed by atoms with van der Waals surface area (Å²) in [6.07, 6.45) is 0. The third-order valence-corrected chi connectivity index (χ3v) is 6.84. The molecule has 0 aliphatic heterocycles. The van der Waals surface area contributed by atoms with Gasteiger partial charge in [0.1, 0.15) is 17.4 Å². The van der Waals surface area contributed by atoms with Crippen LogP contribution in [0.25, 0.3) is 33.0 Å². The van der Waals surface area contributed by atoms with Gasteiger partial charge in [-0.15, -0.1) is 0 Å². The largest absolute Gasteiger partial charge is 0.497 e. The number of halogens is 2. The second kappa shape index (κ2) is 10.5. The van der Waals surface area contributed by atoms with Gasteiger partial charge in [-0.2, -0.15) is 0 Å². The van der Waals surface area contributed by atoms with Crippen molar-refractivity contribution in [3.8, 4) is 28.0 Å². The maximum absolute atomic E-state index is 14.9. The molecule has 0 bridgehead atoms. The monoisotopic (exact) mass is 493 g/mol. The van der Waals surface area contributed by atoms with Crippen LogP contribution in [0, 0.1) is 11.6 Å². The summed E-state index contributed by atoms with van der Waals surface area (Å²) < 4.78 is 34.1. The number of ether oxygens (including phenoxy) is 1. The van der Waals surface area contributed by atoms with Crippen molar-refractivity contribution >= 4 is 10.8 Å². The van der Waals surface area contributed by atoms with Crippen LogP contribution >= 0.6 is 0 Å². The maximum atomic E-state index is 14.9. The summed E-state index contributed by atoms with van der Waals surface area (Å²) in [6.45, 7) is 4.26. The van der Waals surface area contributed by atoms with Crippen LogP contribution in [0.5, 0.6) is 5.75 Å². The molecule has 0 amide bonds. The standard InChI is InChI=1S/C33H29F2NO/c1-21(23-9-7-12-31(19-23)37-3)36-22(2)26-14-25-8-4-5-13-32(25)33(20-26)28-15-27(17-30(35)18-28)24-10-6-11-29(34)16-24/h4-22,36H,1-3H3/t21-,22?/m1/s1. The lowest BCUT2D eigenvalue weighted by molar-refractivity contribution is 0.412. The average Bonchev–Trinajstić information content (AvgIpc) is 2.92. The summed E-state index contributed by atoms with van der Waals surface area (Å²) in [6, 6.07) is 31.8. The molecule has 5 aromatic carbocycles. The third kappa shape index (κ3) is 5.40.